The molecule has 2 aromatic rings. The Morgan fingerprint density at radius 1 is 1.11 bits per heavy atom. The van der Waals surface area contributed by atoms with E-state index in [1.165, 1.54) is 4.88 Å². The van der Waals surface area contributed by atoms with E-state index in [0.717, 1.165) is 10.4 Å². The molecule has 1 aromatic heterocycles. The average Bonchev–Trinajstić information content (AvgIpc) is 2.84. The Balaban J connectivity index is 2.44. The van der Waals surface area contributed by atoms with E-state index in [0.29, 0.717) is 16.5 Å². The fourth-order valence-electron chi connectivity index (χ4n) is 1.81. The van der Waals surface area contributed by atoms with Crippen molar-refractivity contribution in [3.63, 3.8) is 0 Å². The number of methoxy groups -OCH3 is 2. The highest BCUT2D eigenvalue weighted by Crippen LogP contribution is 2.41. The first-order chi connectivity index (χ1) is 9.06. The van der Waals surface area contributed by atoms with Gasteiger partial charge in [-0.05, 0) is 30.7 Å². The molecule has 0 radical (unpaired) electrons. The van der Waals surface area contributed by atoms with Crippen molar-refractivity contribution in [3.8, 4) is 11.5 Å². The molecule has 0 spiro atoms. The van der Waals surface area contributed by atoms with Crippen molar-refractivity contribution in [3.05, 3.63) is 44.6 Å². The molecule has 0 bridgehead atoms. The zero-order valence-electron chi connectivity index (χ0n) is 10.9. The molecule has 1 atom stereocenters. The maximum Gasteiger partial charge on any atom is 0.162 e. The normalized spacial score (nSPS) is 12.3. The minimum Gasteiger partial charge on any atom is -0.493 e. The number of aryl methyl sites for hydroxylation is 1. The van der Waals surface area contributed by atoms with Gasteiger partial charge in [0, 0.05) is 20.8 Å². The van der Waals surface area contributed by atoms with Crippen LogP contribution in [0.25, 0.3) is 0 Å². The van der Waals surface area contributed by atoms with Gasteiger partial charge < -0.3 is 9.47 Å². The van der Waals surface area contributed by atoms with Crippen LogP contribution in [-0.4, -0.2) is 14.2 Å². The lowest BCUT2D eigenvalue weighted by Crippen LogP contribution is -1.96. The van der Waals surface area contributed by atoms with E-state index < -0.39 is 0 Å². The summed E-state index contributed by atoms with van der Waals surface area (Å²) in [4.78, 5) is 2.28. The molecule has 0 saturated heterocycles. The number of hydrogen-bond acceptors (Lipinski definition) is 3. The van der Waals surface area contributed by atoms with Crippen LogP contribution in [0.3, 0.4) is 0 Å². The average molecular weight is 317 g/mol. The number of halogens is 2. The Morgan fingerprint density at radius 2 is 1.74 bits per heavy atom. The Bertz CT molecular complexity index is 581. The summed E-state index contributed by atoms with van der Waals surface area (Å²) in [5.74, 6) is 1.23. The Morgan fingerprint density at radius 3 is 2.26 bits per heavy atom. The van der Waals surface area contributed by atoms with Crippen LogP contribution in [0.2, 0.25) is 5.02 Å². The molecule has 0 aliphatic rings. The summed E-state index contributed by atoms with van der Waals surface area (Å²) >= 11 is 14.4. The van der Waals surface area contributed by atoms with Gasteiger partial charge in [0.2, 0.25) is 0 Å². The summed E-state index contributed by atoms with van der Waals surface area (Å²) in [5, 5.41) is 0.287. The van der Waals surface area contributed by atoms with E-state index in [-0.39, 0.29) is 5.38 Å². The summed E-state index contributed by atoms with van der Waals surface area (Å²) in [6.45, 7) is 2.05. The third kappa shape index (κ3) is 2.99. The molecule has 19 heavy (non-hydrogen) atoms. The third-order valence-electron chi connectivity index (χ3n) is 2.79. The summed E-state index contributed by atoms with van der Waals surface area (Å²) < 4.78 is 10.5. The number of thiophene rings is 1. The number of alkyl halides is 1. The van der Waals surface area contributed by atoms with Crippen LogP contribution in [0.1, 0.15) is 20.7 Å². The quantitative estimate of drug-likeness (QED) is 0.734. The molecule has 1 aromatic carbocycles. The second-order valence-electron chi connectivity index (χ2n) is 4.04. The van der Waals surface area contributed by atoms with Crippen molar-refractivity contribution in [2.45, 2.75) is 12.3 Å². The molecule has 0 fully saturated rings. The molecule has 0 amide bonds. The lowest BCUT2D eigenvalue weighted by atomic mass is 10.1. The van der Waals surface area contributed by atoms with E-state index in [1.807, 2.05) is 25.1 Å². The first-order valence-electron chi connectivity index (χ1n) is 5.68. The molecule has 5 heteroatoms. The van der Waals surface area contributed by atoms with Gasteiger partial charge in [0.25, 0.3) is 0 Å². The SMILES string of the molecule is COc1cc(Cl)c(C(Cl)c2ccc(C)s2)cc1OC. The standard InChI is InChI=1S/C14H14Cl2O2S/c1-8-4-5-13(19-8)14(16)9-6-11(17-2)12(18-3)7-10(9)15/h4-7,14H,1-3H3. The zero-order valence-corrected chi connectivity index (χ0v) is 13.2. The molecule has 1 unspecified atom stereocenters. The molecule has 2 nitrogen and oxygen atoms in total. The largest absolute Gasteiger partial charge is 0.493 e. The van der Waals surface area contributed by atoms with Crippen molar-refractivity contribution < 1.29 is 9.47 Å². The highest BCUT2D eigenvalue weighted by molar-refractivity contribution is 7.12. The van der Waals surface area contributed by atoms with Crippen molar-refractivity contribution in [2.75, 3.05) is 14.2 Å². The first kappa shape index (κ1) is 14.5. The number of rotatable bonds is 4. The minimum atomic E-state index is -0.286. The lowest BCUT2D eigenvalue weighted by Gasteiger charge is -2.14. The molecule has 0 aliphatic carbocycles. The van der Waals surface area contributed by atoms with Crippen molar-refractivity contribution >= 4 is 34.5 Å². The van der Waals surface area contributed by atoms with Gasteiger partial charge in [-0.15, -0.1) is 22.9 Å². The van der Waals surface area contributed by atoms with Crippen LogP contribution in [0.4, 0.5) is 0 Å². The molecule has 0 aliphatic heterocycles. The van der Waals surface area contributed by atoms with Crippen LogP contribution >= 0.6 is 34.5 Å². The van der Waals surface area contributed by atoms with Crippen molar-refractivity contribution in [2.24, 2.45) is 0 Å². The maximum absolute atomic E-state index is 6.50. The van der Waals surface area contributed by atoms with E-state index in [9.17, 15) is 0 Å². The summed E-state index contributed by atoms with van der Waals surface area (Å²) in [7, 11) is 3.17. The van der Waals surface area contributed by atoms with Gasteiger partial charge in [-0.1, -0.05) is 11.6 Å². The van der Waals surface area contributed by atoms with Gasteiger partial charge in [-0.25, -0.2) is 0 Å². The smallest absolute Gasteiger partial charge is 0.162 e. The third-order valence-corrected chi connectivity index (χ3v) is 4.78. The van der Waals surface area contributed by atoms with Gasteiger partial charge in [-0.2, -0.15) is 0 Å². The summed E-state index contributed by atoms with van der Waals surface area (Å²) in [6.07, 6.45) is 0. The minimum absolute atomic E-state index is 0.286. The highest BCUT2D eigenvalue weighted by Gasteiger charge is 2.19. The van der Waals surface area contributed by atoms with Gasteiger partial charge in [-0.3, -0.25) is 0 Å². The molecule has 2 rings (SSSR count). The van der Waals surface area contributed by atoms with Gasteiger partial charge >= 0.3 is 0 Å². The van der Waals surface area contributed by atoms with Crippen LogP contribution in [0.15, 0.2) is 24.3 Å². The molecule has 0 saturated carbocycles. The van der Waals surface area contributed by atoms with Gasteiger partial charge in [0.15, 0.2) is 11.5 Å². The van der Waals surface area contributed by atoms with Crippen LogP contribution in [0, 0.1) is 6.92 Å². The molecular formula is C14H14Cl2O2S. The zero-order chi connectivity index (χ0) is 14.0. The monoisotopic (exact) mass is 316 g/mol. The van der Waals surface area contributed by atoms with E-state index >= 15 is 0 Å². The fourth-order valence-corrected chi connectivity index (χ4v) is 3.39. The van der Waals surface area contributed by atoms with E-state index in [4.69, 9.17) is 32.7 Å². The Labute approximate surface area is 126 Å². The van der Waals surface area contributed by atoms with Crippen LogP contribution < -0.4 is 9.47 Å². The van der Waals surface area contributed by atoms with Crippen molar-refractivity contribution in [1.29, 1.82) is 0 Å². The molecular weight excluding hydrogens is 303 g/mol. The number of ether oxygens (including phenoxy) is 2. The predicted molar refractivity (Wildman–Crippen MR) is 81.3 cm³/mol. The predicted octanol–water partition coefficient (Wildman–Crippen LogP) is 5.06. The highest BCUT2D eigenvalue weighted by atomic mass is 35.5. The lowest BCUT2D eigenvalue weighted by molar-refractivity contribution is 0.354. The summed E-state index contributed by atoms with van der Waals surface area (Å²) in [6, 6.07) is 7.62. The second-order valence-corrected chi connectivity index (χ2v) is 6.20. The number of hydrogen-bond donors (Lipinski definition) is 0. The fraction of sp³-hybridized carbons (Fsp3) is 0.286. The molecule has 102 valence electrons. The Hall–Kier alpha value is -0.900. The van der Waals surface area contributed by atoms with Gasteiger partial charge in [0.1, 0.15) is 0 Å². The Kier molecular flexibility index (Phi) is 4.61. The van der Waals surface area contributed by atoms with Gasteiger partial charge in [0.05, 0.1) is 19.6 Å². The number of benzene rings is 1. The first-order valence-corrected chi connectivity index (χ1v) is 7.31. The van der Waals surface area contributed by atoms with Crippen molar-refractivity contribution in [1.82, 2.24) is 0 Å². The molecule has 0 N–H and O–H groups in total. The van der Waals surface area contributed by atoms with E-state index in [2.05, 4.69) is 0 Å². The van der Waals surface area contributed by atoms with E-state index in [1.54, 1.807) is 31.6 Å². The molecule has 1 heterocycles. The van der Waals surface area contributed by atoms with Crippen LogP contribution in [-0.2, 0) is 0 Å². The van der Waals surface area contributed by atoms with Crippen LogP contribution in [0.5, 0.6) is 11.5 Å². The maximum atomic E-state index is 6.50. The second kappa shape index (κ2) is 6.04. The summed E-state index contributed by atoms with van der Waals surface area (Å²) in [5.41, 5.74) is 0.822. The topological polar surface area (TPSA) is 18.5 Å².